The highest BCUT2D eigenvalue weighted by atomic mass is 31.0. The molecule has 3 unspecified atom stereocenters. The van der Waals surface area contributed by atoms with E-state index in [1.165, 1.54) is 7.05 Å². The predicted octanol–water partition coefficient (Wildman–Crippen LogP) is 0.108. The van der Waals surface area contributed by atoms with Crippen LogP contribution in [0.15, 0.2) is 24.3 Å². The van der Waals surface area contributed by atoms with E-state index in [0.717, 1.165) is 5.56 Å². The maximum absolute atomic E-state index is 12.7. The summed E-state index contributed by atoms with van der Waals surface area (Å²) in [5.41, 5.74) is 5.82. The summed E-state index contributed by atoms with van der Waals surface area (Å²) in [6, 6.07) is 5.63. The molecule has 0 heterocycles. The lowest BCUT2D eigenvalue weighted by Gasteiger charge is -2.24. The topological polar surface area (TPSA) is 146 Å². The van der Waals surface area contributed by atoms with E-state index in [-0.39, 0.29) is 24.3 Å². The van der Waals surface area contributed by atoms with Crippen molar-refractivity contribution in [3.05, 3.63) is 29.8 Å². The number of nitrogens with two attached hydrogens (primary N) is 1. The van der Waals surface area contributed by atoms with Crippen LogP contribution in [0.2, 0.25) is 0 Å². The maximum Gasteiger partial charge on any atom is 0.246 e. The van der Waals surface area contributed by atoms with Crippen molar-refractivity contribution in [2.45, 2.75) is 45.4 Å². The molecule has 1 aromatic rings. The van der Waals surface area contributed by atoms with Gasteiger partial charge in [-0.25, -0.2) is 0 Å². The van der Waals surface area contributed by atoms with E-state index < -0.39 is 12.1 Å². The third-order valence-electron chi connectivity index (χ3n) is 4.06. The molecule has 3 atom stereocenters. The summed E-state index contributed by atoms with van der Waals surface area (Å²) in [7, 11) is 3.83. The van der Waals surface area contributed by atoms with E-state index in [9.17, 15) is 14.4 Å². The zero-order chi connectivity index (χ0) is 22.2. The molecule has 1 aromatic carbocycles. The maximum atomic E-state index is 12.7. The molecule has 0 aromatic heterocycles. The normalized spacial score (nSPS) is 12.2. The number of aliphatic hydroxyl groups excluding tert-OH is 1. The molecule has 29 heavy (non-hydrogen) atoms. The van der Waals surface area contributed by atoms with Crippen LogP contribution in [0.3, 0.4) is 0 Å². The van der Waals surface area contributed by atoms with E-state index in [1.807, 2.05) is 13.8 Å². The second-order valence-electron chi connectivity index (χ2n) is 6.51. The van der Waals surface area contributed by atoms with Crippen LogP contribution in [0.25, 0.3) is 0 Å². The van der Waals surface area contributed by atoms with Crippen molar-refractivity contribution in [1.29, 1.82) is 0 Å². The SMILES string of the molecule is CC(C)C(NP)C(=O)NC(CCCNC=O)C(=O)Nc1ccc(CO)cc1.CN. The molecule has 0 fully saturated rings. The standard InChI is InChI=1S/C18H29N4O4P.CH5N/c1-12(2)16(22-27)18(26)21-15(4-3-9-19-11-24)17(25)20-14-7-5-13(10-23)6-8-14;1-2/h5-8,11-12,15-16,22-23H,3-4,9-10,27H2,1-2H3,(H,19,24)(H,20,25)(H,21,26);2H2,1H3. The van der Waals surface area contributed by atoms with Gasteiger partial charge in [0.15, 0.2) is 0 Å². The highest BCUT2D eigenvalue weighted by Crippen LogP contribution is 2.12. The zero-order valence-corrected chi connectivity index (χ0v) is 18.4. The van der Waals surface area contributed by atoms with Gasteiger partial charge in [0, 0.05) is 12.2 Å². The summed E-state index contributed by atoms with van der Waals surface area (Å²) in [6.45, 7) is 4.17. The van der Waals surface area contributed by atoms with E-state index in [2.05, 4.69) is 36.2 Å². The number of carbonyl (C=O) groups is 3. The Labute approximate surface area is 174 Å². The molecule has 0 aliphatic heterocycles. The van der Waals surface area contributed by atoms with Crippen LogP contribution >= 0.6 is 9.39 Å². The van der Waals surface area contributed by atoms with E-state index in [0.29, 0.717) is 31.5 Å². The zero-order valence-electron chi connectivity index (χ0n) is 17.3. The number of hydrogen-bond donors (Lipinski definition) is 6. The summed E-state index contributed by atoms with van der Waals surface area (Å²) in [5, 5.41) is 20.1. The van der Waals surface area contributed by atoms with Crippen molar-refractivity contribution in [3.8, 4) is 0 Å². The van der Waals surface area contributed by atoms with Gasteiger partial charge in [-0.15, -0.1) is 0 Å². The highest BCUT2D eigenvalue weighted by molar-refractivity contribution is 7.13. The van der Waals surface area contributed by atoms with E-state index in [4.69, 9.17) is 5.11 Å². The fourth-order valence-electron chi connectivity index (χ4n) is 2.49. The lowest BCUT2D eigenvalue weighted by atomic mass is 10.0. The summed E-state index contributed by atoms with van der Waals surface area (Å²) in [6.07, 6.45) is 1.53. The van der Waals surface area contributed by atoms with Gasteiger partial charge in [0.05, 0.1) is 12.6 Å². The van der Waals surface area contributed by atoms with Gasteiger partial charge in [0.2, 0.25) is 18.2 Å². The van der Waals surface area contributed by atoms with Gasteiger partial charge >= 0.3 is 0 Å². The second kappa shape index (κ2) is 15.8. The molecular weight excluding hydrogens is 393 g/mol. The van der Waals surface area contributed by atoms with Gasteiger partial charge < -0.3 is 26.8 Å². The van der Waals surface area contributed by atoms with Gasteiger partial charge in [0.25, 0.3) is 0 Å². The largest absolute Gasteiger partial charge is 0.392 e. The first-order chi connectivity index (χ1) is 13.9. The second-order valence-corrected chi connectivity index (χ2v) is 6.84. The van der Waals surface area contributed by atoms with Crippen LogP contribution in [-0.4, -0.2) is 49.0 Å². The molecule has 9 nitrogen and oxygen atoms in total. The number of anilines is 1. The average Bonchev–Trinajstić information content (AvgIpc) is 2.72. The average molecular weight is 427 g/mol. The van der Waals surface area contributed by atoms with Crippen molar-refractivity contribution < 1.29 is 19.5 Å². The van der Waals surface area contributed by atoms with Crippen LogP contribution in [-0.2, 0) is 21.0 Å². The lowest BCUT2D eigenvalue weighted by Crippen LogP contribution is -2.51. The van der Waals surface area contributed by atoms with Crippen LogP contribution in [0, 0.1) is 5.92 Å². The van der Waals surface area contributed by atoms with Gasteiger partial charge in [-0.2, -0.15) is 0 Å². The van der Waals surface area contributed by atoms with Gasteiger partial charge in [0.1, 0.15) is 6.04 Å². The molecule has 164 valence electrons. The Morgan fingerprint density at radius 1 is 1.17 bits per heavy atom. The lowest BCUT2D eigenvalue weighted by molar-refractivity contribution is -0.128. The summed E-state index contributed by atoms with van der Waals surface area (Å²) >= 11 is 0. The molecule has 0 bridgehead atoms. The Balaban J connectivity index is 0.00000379. The van der Waals surface area contributed by atoms with Crippen LogP contribution in [0.1, 0.15) is 32.3 Å². The molecule has 0 aliphatic carbocycles. The van der Waals surface area contributed by atoms with E-state index >= 15 is 0 Å². The molecule has 3 amide bonds. The number of hydrogen-bond acceptors (Lipinski definition) is 6. The van der Waals surface area contributed by atoms with Gasteiger partial charge in [-0.05, 0) is 43.5 Å². The number of amides is 3. The van der Waals surface area contributed by atoms with Crippen molar-refractivity contribution in [2.24, 2.45) is 11.7 Å². The first kappa shape index (κ1) is 26.9. The Morgan fingerprint density at radius 2 is 1.79 bits per heavy atom. The first-order valence-corrected chi connectivity index (χ1v) is 10.0. The van der Waals surface area contributed by atoms with Crippen LogP contribution < -0.4 is 26.8 Å². The van der Waals surface area contributed by atoms with Crippen molar-refractivity contribution in [2.75, 3.05) is 18.9 Å². The molecule has 1 rings (SSSR count). The molecule has 7 N–H and O–H groups in total. The number of rotatable bonds is 12. The van der Waals surface area contributed by atoms with Gasteiger partial charge in [-0.1, -0.05) is 35.4 Å². The Bertz CT molecular complexity index is 613. The quantitative estimate of drug-likeness (QED) is 0.159. The number of nitrogens with one attached hydrogen (secondary N) is 4. The monoisotopic (exact) mass is 427 g/mol. The highest BCUT2D eigenvalue weighted by Gasteiger charge is 2.26. The predicted molar refractivity (Wildman–Crippen MR) is 118 cm³/mol. The molecule has 0 saturated heterocycles. The molecular formula is C19H34N5O4P. The Hall–Kier alpha value is -2.06. The van der Waals surface area contributed by atoms with Crippen molar-refractivity contribution in [1.82, 2.24) is 15.7 Å². The minimum atomic E-state index is -0.733. The van der Waals surface area contributed by atoms with Crippen LogP contribution in [0.5, 0.6) is 0 Å². The third kappa shape index (κ3) is 10.3. The third-order valence-corrected chi connectivity index (χ3v) is 4.42. The number of carbonyl (C=O) groups excluding carboxylic acids is 3. The Kier molecular flexibility index (Phi) is 14.7. The fraction of sp³-hybridized carbons (Fsp3) is 0.526. The molecule has 0 radical (unpaired) electrons. The fourth-order valence-corrected chi connectivity index (χ4v) is 3.03. The van der Waals surface area contributed by atoms with Crippen LogP contribution in [0.4, 0.5) is 5.69 Å². The van der Waals surface area contributed by atoms with E-state index in [1.54, 1.807) is 24.3 Å². The van der Waals surface area contributed by atoms with Gasteiger partial charge in [-0.3, -0.25) is 19.5 Å². The Morgan fingerprint density at radius 3 is 2.28 bits per heavy atom. The summed E-state index contributed by atoms with van der Waals surface area (Å²) in [4.78, 5) is 35.5. The number of aliphatic hydroxyl groups is 1. The minimum Gasteiger partial charge on any atom is -0.392 e. The van der Waals surface area contributed by atoms with Crippen molar-refractivity contribution >= 4 is 33.3 Å². The summed E-state index contributed by atoms with van der Waals surface area (Å²) < 4.78 is 0. The number of benzene rings is 1. The molecule has 0 spiro atoms. The molecule has 0 aliphatic rings. The molecule has 10 heteroatoms. The smallest absolute Gasteiger partial charge is 0.246 e. The van der Waals surface area contributed by atoms with Crippen molar-refractivity contribution in [3.63, 3.8) is 0 Å². The molecule has 0 saturated carbocycles. The summed E-state index contributed by atoms with van der Waals surface area (Å²) in [5.74, 6) is -0.550. The minimum absolute atomic E-state index is 0.0500. The first-order valence-electron chi connectivity index (χ1n) is 9.44.